The number of amides is 1. The minimum atomic E-state index is -3.20. The van der Waals surface area contributed by atoms with E-state index >= 15 is 0 Å². The second-order valence-electron chi connectivity index (χ2n) is 6.25. The summed E-state index contributed by atoms with van der Waals surface area (Å²) in [4.78, 5) is 14.4. The average molecular weight is 370 g/mol. The summed E-state index contributed by atoms with van der Waals surface area (Å²) < 4.78 is 35.2. The Hall–Kier alpha value is -1.80. The largest absolute Gasteiger partial charge is 0.497 e. The number of rotatable bonds is 6. The van der Waals surface area contributed by atoms with E-state index in [1.54, 1.807) is 38.3 Å². The van der Waals surface area contributed by atoms with Crippen molar-refractivity contribution in [3.63, 3.8) is 0 Å². The maximum Gasteiger partial charge on any atom is 0.227 e. The third-order valence-corrected chi connectivity index (χ3v) is 6.03. The highest BCUT2D eigenvalue weighted by atomic mass is 32.2. The van der Waals surface area contributed by atoms with E-state index < -0.39 is 10.0 Å². The smallest absolute Gasteiger partial charge is 0.227 e. The predicted molar refractivity (Wildman–Crippen MR) is 95.5 cm³/mol. The summed E-state index contributed by atoms with van der Waals surface area (Å²) >= 11 is 0. The molecule has 0 bridgehead atoms. The maximum absolute atomic E-state index is 12.6. The zero-order chi connectivity index (χ0) is 18.6. The number of hydrogen-bond donors (Lipinski definition) is 0. The summed E-state index contributed by atoms with van der Waals surface area (Å²) in [7, 11) is 1.54. The van der Waals surface area contributed by atoms with Crippen LogP contribution in [0.25, 0.3) is 0 Å². The SMILES string of the molecule is COc1ccc(CC(=O)N2CCC(N(C)S(C)(=O)=O)CC2)c(OC)c1. The molecule has 0 saturated carbocycles. The van der Waals surface area contributed by atoms with E-state index in [0.29, 0.717) is 37.4 Å². The van der Waals surface area contributed by atoms with Crippen molar-refractivity contribution in [2.24, 2.45) is 0 Å². The van der Waals surface area contributed by atoms with E-state index in [-0.39, 0.29) is 18.4 Å². The van der Waals surface area contributed by atoms with Crippen molar-refractivity contribution < 1.29 is 22.7 Å². The Morgan fingerprint density at radius 2 is 1.88 bits per heavy atom. The first kappa shape index (κ1) is 19.5. The summed E-state index contributed by atoms with van der Waals surface area (Å²) in [5.41, 5.74) is 0.809. The molecule has 1 aromatic carbocycles. The third kappa shape index (κ3) is 4.85. The van der Waals surface area contributed by atoms with Crippen molar-refractivity contribution in [3.05, 3.63) is 23.8 Å². The van der Waals surface area contributed by atoms with Gasteiger partial charge in [-0.3, -0.25) is 4.79 Å². The number of carbonyl (C=O) groups is 1. The molecule has 1 aliphatic heterocycles. The van der Waals surface area contributed by atoms with Crippen LogP contribution in [0.5, 0.6) is 11.5 Å². The van der Waals surface area contributed by atoms with Gasteiger partial charge in [0.15, 0.2) is 0 Å². The Morgan fingerprint density at radius 3 is 2.40 bits per heavy atom. The number of sulfonamides is 1. The molecule has 1 saturated heterocycles. The van der Waals surface area contributed by atoms with E-state index in [9.17, 15) is 13.2 Å². The fourth-order valence-corrected chi connectivity index (χ4v) is 3.77. The standard InChI is InChI=1S/C17H26N2O5S/c1-18(25(4,21)22)14-7-9-19(10-8-14)17(20)11-13-5-6-15(23-2)12-16(13)24-3/h5-6,12,14H,7-11H2,1-4H3. The molecule has 0 aromatic heterocycles. The molecular weight excluding hydrogens is 344 g/mol. The van der Waals surface area contributed by atoms with Crippen LogP contribution in [0.15, 0.2) is 18.2 Å². The molecule has 1 aromatic rings. The van der Waals surface area contributed by atoms with Gasteiger partial charge in [-0.2, -0.15) is 0 Å². The first-order valence-corrected chi connectivity index (χ1v) is 10.0. The monoisotopic (exact) mass is 370 g/mol. The molecule has 1 aliphatic rings. The highest BCUT2D eigenvalue weighted by Gasteiger charge is 2.29. The zero-order valence-electron chi connectivity index (χ0n) is 15.2. The van der Waals surface area contributed by atoms with Gasteiger partial charge in [-0.05, 0) is 18.9 Å². The van der Waals surface area contributed by atoms with Crippen molar-refractivity contribution in [3.8, 4) is 11.5 Å². The summed E-state index contributed by atoms with van der Waals surface area (Å²) in [6.07, 6.45) is 2.75. The van der Waals surface area contributed by atoms with Crippen LogP contribution in [-0.4, -0.2) is 70.2 Å². The second kappa shape index (κ2) is 8.05. The van der Waals surface area contributed by atoms with E-state index in [0.717, 1.165) is 5.56 Å². The van der Waals surface area contributed by atoms with Crippen molar-refractivity contribution in [2.45, 2.75) is 25.3 Å². The molecule has 1 amide bonds. The Bertz CT molecular complexity index is 712. The minimum Gasteiger partial charge on any atom is -0.497 e. The van der Waals surface area contributed by atoms with E-state index in [1.165, 1.54) is 10.6 Å². The van der Waals surface area contributed by atoms with Crippen LogP contribution >= 0.6 is 0 Å². The van der Waals surface area contributed by atoms with Crippen LogP contribution in [0.3, 0.4) is 0 Å². The molecule has 0 atom stereocenters. The van der Waals surface area contributed by atoms with Crippen molar-refractivity contribution in [1.82, 2.24) is 9.21 Å². The van der Waals surface area contributed by atoms with Crippen molar-refractivity contribution in [1.29, 1.82) is 0 Å². The molecule has 140 valence electrons. The van der Waals surface area contributed by atoms with Gasteiger partial charge < -0.3 is 14.4 Å². The average Bonchev–Trinajstić information content (AvgIpc) is 2.60. The number of likely N-dealkylation sites (tertiary alicyclic amines) is 1. The van der Waals surface area contributed by atoms with E-state index in [2.05, 4.69) is 0 Å². The van der Waals surface area contributed by atoms with Gasteiger partial charge in [0.2, 0.25) is 15.9 Å². The molecule has 2 rings (SSSR count). The number of benzene rings is 1. The van der Waals surface area contributed by atoms with Gasteiger partial charge in [-0.25, -0.2) is 12.7 Å². The Balaban J connectivity index is 1.97. The highest BCUT2D eigenvalue weighted by Crippen LogP contribution is 2.26. The second-order valence-corrected chi connectivity index (χ2v) is 8.29. The highest BCUT2D eigenvalue weighted by molar-refractivity contribution is 7.88. The lowest BCUT2D eigenvalue weighted by atomic mass is 10.0. The molecule has 1 heterocycles. The topological polar surface area (TPSA) is 76.2 Å². The molecule has 0 N–H and O–H groups in total. The van der Waals surface area contributed by atoms with E-state index in [1.807, 2.05) is 6.07 Å². The van der Waals surface area contributed by atoms with Crippen LogP contribution in [0.1, 0.15) is 18.4 Å². The minimum absolute atomic E-state index is 0.0175. The van der Waals surface area contributed by atoms with E-state index in [4.69, 9.17) is 9.47 Å². The number of nitrogens with zero attached hydrogens (tertiary/aromatic N) is 2. The molecule has 0 unspecified atom stereocenters. The number of methoxy groups -OCH3 is 2. The van der Waals surface area contributed by atoms with Gasteiger partial charge in [-0.15, -0.1) is 0 Å². The zero-order valence-corrected chi connectivity index (χ0v) is 16.0. The van der Waals surface area contributed by atoms with Crippen molar-refractivity contribution in [2.75, 3.05) is 40.6 Å². The van der Waals surface area contributed by atoms with Gasteiger partial charge in [0.25, 0.3) is 0 Å². The molecule has 25 heavy (non-hydrogen) atoms. The molecule has 1 fully saturated rings. The molecule has 7 nitrogen and oxygen atoms in total. The van der Waals surface area contributed by atoms with Gasteiger partial charge in [0.05, 0.1) is 26.9 Å². The van der Waals surface area contributed by atoms with Crippen LogP contribution < -0.4 is 9.47 Å². The molecule has 8 heteroatoms. The summed E-state index contributed by atoms with van der Waals surface area (Å²) in [6.45, 7) is 1.11. The fourth-order valence-electron chi connectivity index (χ4n) is 3.02. The molecular formula is C17H26N2O5S. The molecule has 0 radical (unpaired) electrons. The molecule has 0 spiro atoms. The third-order valence-electron chi connectivity index (χ3n) is 4.69. The van der Waals surface area contributed by atoms with Crippen LogP contribution in [0.2, 0.25) is 0 Å². The first-order chi connectivity index (χ1) is 11.8. The predicted octanol–water partition coefficient (Wildman–Crippen LogP) is 1.13. The van der Waals surface area contributed by atoms with Crippen molar-refractivity contribution >= 4 is 15.9 Å². The summed E-state index contributed by atoms with van der Waals surface area (Å²) in [5, 5.41) is 0. The Labute approximate surface area is 149 Å². The Morgan fingerprint density at radius 1 is 1.24 bits per heavy atom. The van der Waals surface area contributed by atoms with Gasteiger partial charge in [0.1, 0.15) is 11.5 Å². The van der Waals surface area contributed by atoms with Crippen LogP contribution in [0, 0.1) is 0 Å². The lowest BCUT2D eigenvalue weighted by Crippen LogP contribution is -2.47. The lowest BCUT2D eigenvalue weighted by Gasteiger charge is -2.35. The van der Waals surface area contributed by atoms with Crippen LogP contribution in [0.4, 0.5) is 0 Å². The number of hydrogen-bond acceptors (Lipinski definition) is 5. The van der Waals surface area contributed by atoms with Gasteiger partial charge >= 0.3 is 0 Å². The Kier molecular flexibility index (Phi) is 6.29. The molecule has 0 aliphatic carbocycles. The normalized spacial score (nSPS) is 16.1. The van der Waals surface area contributed by atoms with Crippen LogP contribution in [-0.2, 0) is 21.2 Å². The number of carbonyl (C=O) groups excluding carboxylic acids is 1. The number of ether oxygens (including phenoxy) is 2. The van der Waals surface area contributed by atoms with Gasteiger partial charge in [0, 0.05) is 37.8 Å². The lowest BCUT2D eigenvalue weighted by molar-refractivity contribution is -0.131. The number of piperidine rings is 1. The maximum atomic E-state index is 12.6. The first-order valence-electron chi connectivity index (χ1n) is 8.18. The quantitative estimate of drug-likeness (QED) is 0.750. The summed E-state index contributed by atoms with van der Waals surface area (Å²) in [5.74, 6) is 1.32. The van der Waals surface area contributed by atoms with Gasteiger partial charge in [-0.1, -0.05) is 6.07 Å². The summed E-state index contributed by atoms with van der Waals surface area (Å²) in [6, 6.07) is 5.35. The fraction of sp³-hybridized carbons (Fsp3) is 0.588.